The van der Waals surface area contributed by atoms with Gasteiger partial charge in [-0.3, -0.25) is 9.78 Å². The molecule has 1 saturated carbocycles. The summed E-state index contributed by atoms with van der Waals surface area (Å²) in [4.78, 5) is 32.0. The van der Waals surface area contributed by atoms with Crippen molar-refractivity contribution in [2.75, 3.05) is 13.7 Å². The molecule has 2 aromatic rings. The number of fused-ring (bicyclic) bond motifs is 2. The first-order chi connectivity index (χ1) is 13.5. The minimum absolute atomic E-state index is 0.122. The largest absolute Gasteiger partial charge is 0.452 e. The fourth-order valence-electron chi connectivity index (χ4n) is 4.58. The Kier molecular flexibility index (Phi) is 5.33. The normalized spacial score (nSPS) is 21.4. The molecule has 1 amide bonds. The Hall–Kier alpha value is -2.43. The van der Waals surface area contributed by atoms with E-state index in [0.29, 0.717) is 5.56 Å². The second-order valence-electron chi connectivity index (χ2n) is 8.28. The van der Waals surface area contributed by atoms with Crippen molar-refractivity contribution in [2.45, 2.75) is 57.9 Å². The van der Waals surface area contributed by atoms with Crippen LogP contribution in [0.5, 0.6) is 0 Å². The van der Waals surface area contributed by atoms with E-state index in [1.165, 1.54) is 0 Å². The molecular formula is C23H28N2O3. The highest BCUT2D eigenvalue weighted by atomic mass is 16.5. The summed E-state index contributed by atoms with van der Waals surface area (Å²) in [6.45, 7) is 2.06. The van der Waals surface area contributed by atoms with Crippen molar-refractivity contribution in [3.05, 3.63) is 41.1 Å². The van der Waals surface area contributed by atoms with Crippen molar-refractivity contribution in [3.63, 3.8) is 0 Å². The van der Waals surface area contributed by atoms with Crippen LogP contribution in [0, 0.1) is 5.92 Å². The van der Waals surface area contributed by atoms with Crippen LogP contribution in [0.15, 0.2) is 24.3 Å². The summed E-state index contributed by atoms with van der Waals surface area (Å²) >= 11 is 0. The quantitative estimate of drug-likeness (QED) is 0.755. The van der Waals surface area contributed by atoms with Gasteiger partial charge in [0.25, 0.3) is 5.91 Å². The lowest BCUT2D eigenvalue weighted by Crippen LogP contribution is -2.41. The first-order valence-corrected chi connectivity index (χ1v) is 10.4. The number of hydrogen-bond acceptors (Lipinski definition) is 4. The second-order valence-corrected chi connectivity index (χ2v) is 8.28. The number of nitrogens with zero attached hydrogens (tertiary/aromatic N) is 2. The van der Waals surface area contributed by atoms with Crippen LogP contribution in [0.3, 0.4) is 0 Å². The maximum absolute atomic E-state index is 12.9. The van der Waals surface area contributed by atoms with Gasteiger partial charge in [-0.05, 0) is 62.5 Å². The Balaban J connectivity index is 1.48. The highest BCUT2D eigenvalue weighted by Gasteiger charge is 2.27. The monoisotopic (exact) mass is 380 g/mol. The molecule has 1 aromatic heterocycles. The average molecular weight is 380 g/mol. The number of rotatable bonds is 4. The Morgan fingerprint density at radius 2 is 1.89 bits per heavy atom. The number of pyridine rings is 1. The molecular weight excluding hydrogens is 352 g/mol. The van der Waals surface area contributed by atoms with Crippen LogP contribution in [0.25, 0.3) is 10.9 Å². The summed E-state index contributed by atoms with van der Waals surface area (Å²) in [5, 5.41) is 0.815. The SMILES string of the molecule is CC1CCC(N(C)C(=O)COC(=O)c2c3c(nc4ccccc24)CCC3)CC1. The average Bonchev–Trinajstić information content (AvgIpc) is 3.17. The summed E-state index contributed by atoms with van der Waals surface area (Å²) in [5.74, 6) is 0.207. The molecule has 148 valence electrons. The molecule has 1 fully saturated rings. The zero-order chi connectivity index (χ0) is 19.7. The van der Waals surface area contributed by atoms with Crippen LogP contribution in [-0.2, 0) is 22.4 Å². The van der Waals surface area contributed by atoms with Crippen LogP contribution in [-0.4, -0.2) is 41.5 Å². The van der Waals surface area contributed by atoms with Crippen LogP contribution < -0.4 is 0 Å². The number of carbonyl (C=O) groups excluding carboxylic acids is 2. The van der Waals surface area contributed by atoms with Gasteiger partial charge in [0.1, 0.15) is 0 Å². The van der Waals surface area contributed by atoms with Gasteiger partial charge in [0.15, 0.2) is 6.61 Å². The third-order valence-electron chi connectivity index (χ3n) is 6.38. The number of hydrogen-bond donors (Lipinski definition) is 0. The molecule has 1 aromatic carbocycles. The Morgan fingerprint density at radius 1 is 1.14 bits per heavy atom. The van der Waals surface area contributed by atoms with Crippen molar-refractivity contribution in [1.82, 2.24) is 9.88 Å². The van der Waals surface area contributed by atoms with Gasteiger partial charge in [0.2, 0.25) is 0 Å². The van der Waals surface area contributed by atoms with Crippen LogP contribution in [0.2, 0.25) is 0 Å². The number of aryl methyl sites for hydroxylation is 1. The molecule has 0 atom stereocenters. The van der Waals surface area contributed by atoms with Gasteiger partial charge in [-0.1, -0.05) is 25.1 Å². The van der Waals surface area contributed by atoms with Crippen molar-refractivity contribution in [2.24, 2.45) is 5.92 Å². The third kappa shape index (κ3) is 3.62. The Morgan fingerprint density at radius 3 is 2.68 bits per heavy atom. The molecule has 28 heavy (non-hydrogen) atoms. The lowest BCUT2D eigenvalue weighted by molar-refractivity contribution is -0.136. The van der Waals surface area contributed by atoms with E-state index >= 15 is 0 Å². The molecule has 5 heteroatoms. The van der Waals surface area contributed by atoms with Crippen molar-refractivity contribution in [1.29, 1.82) is 0 Å². The van der Waals surface area contributed by atoms with E-state index in [4.69, 9.17) is 9.72 Å². The zero-order valence-electron chi connectivity index (χ0n) is 16.7. The first-order valence-electron chi connectivity index (χ1n) is 10.4. The number of benzene rings is 1. The van der Waals surface area contributed by atoms with Gasteiger partial charge in [0.05, 0.1) is 11.1 Å². The Bertz CT molecular complexity index is 900. The second kappa shape index (κ2) is 7.90. The summed E-state index contributed by atoms with van der Waals surface area (Å²) in [6, 6.07) is 7.93. The van der Waals surface area contributed by atoms with Crippen LogP contribution in [0.4, 0.5) is 0 Å². The molecule has 1 heterocycles. The smallest absolute Gasteiger partial charge is 0.339 e. The lowest BCUT2D eigenvalue weighted by atomic mass is 9.87. The van der Waals surface area contributed by atoms with Gasteiger partial charge in [-0.25, -0.2) is 4.79 Å². The number of amides is 1. The van der Waals surface area contributed by atoms with E-state index in [1.807, 2.05) is 31.3 Å². The van der Waals surface area contributed by atoms with Gasteiger partial charge in [-0.15, -0.1) is 0 Å². The highest BCUT2D eigenvalue weighted by molar-refractivity contribution is 6.05. The predicted molar refractivity (Wildman–Crippen MR) is 108 cm³/mol. The number of aromatic nitrogens is 1. The van der Waals surface area contributed by atoms with Crippen molar-refractivity contribution in [3.8, 4) is 0 Å². The van der Waals surface area contributed by atoms with Crippen molar-refractivity contribution < 1.29 is 14.3 Å². The topological polar surface area (TPSA) is 59.5 Å². The fourth-order valence-corrected chi connectivity index (χ4v) is 4.58. The molecule has 0 aliphatic heterocycles. The summed E-state index contributed by atoms with van der Waals surface area (Å²) in [5.41, 5.74) is 3.39. The maximum Gasteiger partial charge on any atom is 0.339 e. The van der Waals surface area contributed by atoms with Crippen molar-refractivity contribution >= 4 is 22.8 Å². The third-order valence-corrected chi connectivity index (χ3v) is 6.38. The molecule has 0 unspecified atom stereocenters. The predicted octanol–water partition coefficient (Wildman–Crippen LogP) is 3.92. The van der Waals surface area contributed by atoms with Gasteiger partial charge < -0.3 is 9.64 Å². The molecule has 0 saturated heterocycles. The molecule has 2 aliphatic carbocycles. The zero-order valence-corrected chi connectivity index (χ0v) is 16.7. The van der Waals surface area contributed by atoms with E-state index in [-0.39, 0.29) is 18.6 Å². The molecule has 0 radical (unpaired) electrons. The number of carbonyl (C=O) groups is 2. The highest BCUT2D eigenvalue weighted by Crippen LogP contribution is 2.30. The van der Waals surface area contributed by atoms with E-state index < -0.39 is 5.97 Å². The summed E-state index contributed by atoms with van der Waals surface area (Å²) < 4.78 is 5.50. The lowest BCUT2D eigenvalue weighted by Gasteiger charge is -2.33. The first kappa shape index (κ1) is 18.9. The van der Waals surface area contributed by atoms with Gasteiger partial charge >= 0.3 is 5.97 Å². The standard InChI is InChI=1S/C23H28N2O3/c1-15-10-12-16(13-11-15)25(2)21(26)14-28-23(27)22-17-6-3-4-8-19(17)24-20-9-5-7-18(20)22/h3-4,6,8,15-16H,5,7,9-14H2,1-2H3. The molecule has 5 nitrogen and oxygen atoms in total. The van der Waals surface area contributed by atoms with E-state index in [1.54, 1.807) is 4.90 Å². The number of para-hydroxylation sites is 1. The van der Waals surface area contributed by atoms with Gasteiger partial charge in [-0.2, -0.15) is 0 Å². The number of ether oxygens (including phenoxy) is 1. The van der Waals surface area contributed by atoms with Crippen LogP contribution in [0.1, 0.15) is 60.6 Å². The molecule has 4 rings (SSSR count). The Labute approximate surface area is 166 Å². The van der Waals surface area contributed by atoms with Gasteiger partial charge in [0, 0.05) is 24.2 Å². The molecule has 0 N–H and O–H groups in total. The molecule has 2 aliphatic rings. The minimum Gasteiger partial charge on any atom is -0.452 e. The number of esters is 1. The summed E-state index contributed by atoms with van der Waals surface area (Å²) in [7, 11) is 1.83. The van der Waals surface area contributed by atoms with E-state index in [2.05, 4.69) is 6.92 Å². The maximum atomic E-state index is 12.9. The summed E-state index contributed by atoms with van der Waals surface area (Å²) in [6.07, 6.45) is 7.09. The van der Waals surface area contributed by atoms with E-state index in [9.17, 15) is 9.59 Å². The number of likely N-dealkylation sites (N-methyl/N-ethyl adjacent to an activating group) is 1. The van der Waals surface area contributed by atoms with E-state index in [0.717, 1.165) is 73.0 Å². The molecule has 0 bridgehead atoms. The molecule has 0 spiro atoms. The minimum atomic E-state index is -0.407. The fraction of sp³-hybridized carbons (Fsp3) is 0.522. The van der Waals surface area contributed by atoms with Crippen LogP contribution >= 0.6 is 0 Å².